The van der Waals surface area contributed by atoms with E-state index in [1.807, 2.05) is 51.1 Å². The maximum absolute atomic E-state index is 13.1. The average Bonchev–Trinajstić information content (AvgIpc) is 3.83. The summed E-state index contributed by atoms with van der Waals surface area (Å²) in [4.78, 5) is 50.2. The first-order chi connectivity index (χ1) is 22.3. The van der Waals surface area contributed by atoms with Crippen LogP contribution in [0, 0.1) is 17.8 Å². The molecule has 12 heteroatoms. The number of hydrogen-bond donors (Lipinski definition) is 4. The molecule has 2 aromatic carbocycles. The van der Waals surface area contributed by atoms with Crippen LogP contribution < -0.4 is 15.4 Å². The Kier molecular flexibility index (Phi) is 14.2. The monoisotopic (exact) mass is 672 g/mol. The van der Waals surface area contributed by atoms with Gasteiger partial charge in [0.2, 0.25) is 11.8 Å². The lowest BCUT2D eigenvalue weighted by atomic mass is 9.93. The molecule has 1 fully saturated rings. The number of aliphatic hydroxyl groups excluding tert-OH is 1. The zero-order chi connectivity index (χ0) is 34.7. The van der Waals surface area contributed by atoms with Gasteiger partial charge < -0.3 is 35.1 Å². The van der Waals surface area contributed by atoms with Crippen molar-refractivity contribution in [3.63, 3.8) is 0 Å². The Morgan fingerprint density at radius 3 is 2.38 bits per heavy atom. The number of benzene rings is 2. The van der Waals surface area contributed by atoms with Crippen molar-refractivity contribution in [2.24, 2.45) is 17.8 Å². The number of aliphatic hydroxyl groups is 1. The zero-order valence-electron chi connectivity index (χ0n) is 27.4. The summed E-state index contributed by atoms with van der Waals surface area (Å²) in [6, 6.07) is 13.6. The van der Waals surface area contributed by atoms with E-state index in [0.717, 1.165) is 5.56 Å². The number of rotatable bonds is 18. The van der Waals surface area contributed by atoms with Crippen molar-refractivity contribution in [3.8, 4) is 5.75 Å². The second-order valence-electron chi connectivity index (χ2n) is 12.3. The molecule has 0 aliphatic carbocycles. The summed E-state index contributed by atoms with van der Waals surface area (Å²) in [5, 5.41) is 25.2. The third kappa shape index (κ3) is 11.7. The fourth-order valence-corrected chi connectivity index (χ4v) is 5.34. The smallest absolute Gasteiger partial charge is 0.335 e. The highest BCUT2D eigenvalue weighted by molar-refractivity contribution is 6.32. The molecule has 3 rings (SSSR count). The van der Waals surface area contributed by atoms with Gasteiger partial charge in [-0.1, -0.05) is 81.8 Å². The number of hydrogen-bond acceptors (Lipinski definition) is 8. The van der Waals surface area contributed by atoms with Crippen molar-refractivity contribution in [2.45, 2.75) is 77.4 Å². The van der Waals surface area contributed by atoms with E-state index in [2.05, 4.69) is 10.6 Å². The molecule has 2 amide bonds. The summed E-state index contributed by atoms with van der Waals surface area (Å²) in [5.41, 5.74) is 1.65. The fraction of sp³-hybridized carbons (Fsp3) is 0.486. The van der Waals surface area contributed by atoms with Crippen LogP contribution >= 0.6 is 11.6 Å². The Bertz CT molecular complexity index is 1400. The molecule has 256 valence electrons. The maximum Gasteiger partial charge on any atom is 0.335 e. The molecule has 0 aromatic heterocycles. The van der Waals surface area contributed by atoms with Crippen LogP contribution in [0.3, 0.4) is 0 Å². The van der Waals surface area contributed by atoms with Crippen LogP contribution in [0.5, 0.6) is 5.75 Å². The number of halogens is 1. The molecule has 1 saturated heterocycles. The van der Waals surface area contributed by atoms with Crippen molar-refractivity contribution in [3.05, 3.63) is 76.8 Å². The number of esters is 1. The van der Waals surface area contributed by atoms with Gasteiger partial charge in [-0.25, -0.2) is 4.79 Å². The van der Waals surface area contributed by atoms with Gasteiger partial charge in [0, 0.05) is 25.3 Å². The third-order valence-electron chi connectivity index (χ3n) is 7.92. The first-order valence-electron chi connectivity index (χ1n) is 15.7. The van der Waals surface area contributed by atoms with Gasteiger partial charge in [-0.3, -0.25) is 14.4 Å². The predicted molar refractivity (Wildman–Crippen MR) is 176 cm³/mol. The molecule has 0 spiro atoms. The van der Waals surface area contributed by atoms with Crippen molar-refractivity contribution < 1.29 is 43.6 Å². The normalized spacial score (nSPS) is 18.9. The lowest BCUT2D eigenvalue weighted by molar-refractivity contribution is -0.162. The molecule has 1 aliphatic heterocycles. The molecule has 1 aliphatic rings. The molecule has 47 heavy (non-hydrogen) atoms. The second kappa shape index (κ2) is 17.8. The van der Waals surface area contributed by atoms with Gasteiger partial charge in [-0.2, -0.15) is 0 Å². The molecular formula is C35H45ClN2O9. The number of aliphatic carboxylic acids is 1. The van der Waals surface area contributed by atoms with E-state index in [1.54, 1.807) is 24.3 Å². The van der Waals surface area contributed by atoms with E-state index in [1.165, 1.54) is 20.1 Å². The summed E-state index contributed by atoms with van der Waals surface area (Å²) in [5.74, 6) is -3.52. The van der Waals surface area contributed by atoms with E-state index >= 15 is 0 Å². The van der Waals surface area contributed by atoms with Crippen LogP contribution in [0.1, 0.15) is 57.8 Å². The van der Waals surface area contributed by atoms with E-state index in [9.17, 15) is 29.4 Å². The summed E-state index contributed by atoms with van der Waals surface area (Å²) in [6.45, 7) is 7.02. The molecule has 0 saturated carbocycles. The number of ether oxygens (including phenoxy) is 3. The Labute approximate surface area is 280 Å². The summed E-state index contributed by atoms with van der Waals surface area (Å²) in [7, 11) is 1.48. The average molecular weight is 673 g/mol. The predicted octanol–water partition coefficient (Wildman–Crippen LogP) is 4.25. The molecule has 4 N–H and O–H groups in total. The van der Waals surface area contributed by atoms with Gasteiger partial charge in [0.25, 0.3) is 0 Å². The lowest BCUT2D eigenvalue weighted by Gasteiger charge is -2.24. The highest BCUT2D eigenvalue weighted by Crippen LogP contribution is 2.45. The lowest BCUT2D eigenvalue weighted by Crippen LogP contribution is -2.48. The van der Waals surface area contributed by atoms with Crippen LogP contribution in [0.25, 0.3) is 0 Å². The van der Waals surface area contributed by atoms with Crippen molar-refractivity contribution in [1.29, 1.82) is 0 Å². The molecule has 0 bridgehead atoms. The van der Waals surface area contributed by atoms with Gasteiger partial charge in [-0.15, -0.1) is 0 Å². The van der Waals surface area contributed by atoms with E-state index in [-0.39, 0.29) is 49.9 Å². The number of carbonyl (C=O) groups is 4. The Balaban J connectivity index is 1.72. The minimum absolute atomic E-state index is 0.0709. The van der Waals surface area contributed by atoms with Crippen LogP contribution in [0.4, 0.5) is 0 Å². The van der Waals surface area contributed by atoms with Crippen LogP contribution in [-0.2, 0) is 35.1 Å². The minimum Gasteiger partial charge on any atom is -0.495 e. The standard InChI is InChI=1S/C35H45ClN2O9/c1-20(2)16-27(39)35(44)46-28(22(4)31-32(47-31)24-10-7-6-8-11-24)12-9-13-30(40)38-26(33(41)37-19-21(3)34(42)43)18-23-14-15-29(45-5)25(36)17-23/h6-11,13-15,17,20-22,26-28,31-32,39H,12,16,18-19H2,1-5H3,(H,37,41)(H,38,40)(H,42,43). The maximum atomic E-state index is 13.1. The molecular weight excluding hydrogens is 628 g/mol. The summed E-state index contributed by atoms with van der Waals surface area (Å²) in [6.07, 6.45) is 0.900. The molecule has 1 heterocycles. The quantitative estimate of drug-likeness (QED) is 0.103. The molecule has 7 atom stereocenters. The van der Waals surface area contributed by atoms with E-state index in [0.29, 0.717) is 16.3 Å². The highest BCUT2D eigenvalue weighted by Gasteiger charge is 2.47. The van der Waals surface area contributed by atoms with Gasteiger partial charge in [-0.05, 0) is 41.7 Å². The minimum atomic E-state index is -1.28. The van der Waals surface area contributed by atoms with Crippen molar-refractivity contribution in [1.82, 2.24) is 10.6 Å². The van der Waals surface area contributed by atoms with Crippen LogP contribution in [0.15, 0.2) is 60.7 Å². The SMILES string of the molecule is COc1ccc(CC(NC(=O)C=CCC(OC(=O)C(O)CC(C)C)C(C)C2OC2c2ccccc2)C(=O)NCC(C)C(=O)O)cc1Cl. The summed E-state index contributed by atoms with van der Waals surface area (Å²) < 4.78 is 16.9. The van der Waals surface area contributed by atoms with Crippen molar-refractivity contribution in [2.75, 3.05) is 13.7 Å². The van der Waals surface area contributed by atoms with Gasteiger partial charge in [0.15, 0.2) is 6.10 Å². The number of carboxylic acid groups (broad SMARTS) is 1. The number of amides is 2. The first-order valence-corrected chi connectivity index (χ1v) is 16.1. The number of carbonyl (C=O) groups excluding carboxylic acids is 3. The molecule has 7 unspecified atom stereocenters. The first kappa shape index (κ1) is 37.5. The number of carboxylic acids is 1. The molecule has 2 aromatic rings. The highest BCUT2D eigenvalue weighted by atomic mass is 35.5. The second-order valence-corrected chi connectivity index (χ2v) is 12.7. The van der Waals surface area contributed by atoms with E-state index in [4.69, 9.17) is 25.8 Å². The topological polar surface area (TPSA) is 164 Å². The van der Waals surface area contributed by atoms with Gasteiger partial charge >= 0.3 is 11.9 Å². The van der Waals surface area contributed by atoms with Crippen LogP contribution in [-0.4, -0.2) is 72.0 Å². The molecule has 0 radical (unpaired) electrons. The van der Waals surface area contributed by atoms with Crippen molar-refractivity contribution >= 4 is 35.4 Å². The Morgan fingerprint density at radius 1 is 1.06 bits per heavy atom. The van der Waals surface area contributed by atoms with Gasteiger partial charge in [0.1, 0.15) is 24.0 Å². The van der Waals surface area contributed by atoms with Crippen LogP contribution in [0.2, 0.25) is 5.02 Å². The Morgan fingerprint density at radius 2 is 1.77 bits per heavy atom. The number of methoxy groups -OCH3 is 1. The zero-order valence-corrected chi connectivity index (χ0v) is 28.1. The van der Waals surface area contributed by atoms with E-state index < -0.39 is 47.9 Å². The third-order valence-corrected chi connectivity index (χ3v) is 8.22. The number of epoxide rings is 1. The Hall–Kier alpha value is -3.93. The largest absolute Gasteiger partial charge is 0.495 e. The van der Waals surface area contributed by atoms with Gasteiger partial charge in [0.05, 0.1) is 24.2 Å². The number of nitrogens with one attached hydrogen (secondary N) is 2. The molecule has 11 nitrogen and oxygen atoms in total. The fourth-order valence-electron chi connectivity index (χ4n) is 5.06. The summed E-state index contributed by atoms with van der Waals surface area (Å²) >= 11 is 6.26.